The van der Waals surface area contributed by atoms with Gasteiger partial charge in [-0.1, -0.05) is 0 Å². The van der Waals surface area contributed by atoms with Gasteiger partial charge in [-0.05, 0) is 0 Å². The second-order valence-corrected chi connectivity index (χ2v) is 0.962. The molecule has 0 spiro atoms. The maximum absolute atomic E-state index is 2.12. The van der Waals surface area contributed by atoms with Crippen molar-refractivity contribution in [3.05, 3.63) is 52.6 Å². The fraction of sp³-hybridized carbons (Fsp3) is 0. The average Bonchev–Trinajstić information content (AvgIpc) is 2.23. The van der Waals surface area contributed by atoms with Crippen molar-refractivity contribution in [2.45, 2.75) is 0 Å². The van der Waals surface area contributed by atoms with Gasteiger partial charge in [0.2, 0.25) is 0 Å². The molecule has 10 heavy (non-hydrogen) atoms. The first-order valence-electron chi connectivity index (χ1n) is 1.79. The van der Waals surface area contributed by atoms with E-state index in [1.165, 1.54) is 0 Å². The zero-order valence-electron chi connectivity index (χ0n) is 6.58. The average molecular weight is 432 g/mol. The van der Waals surface area contributed by atoms with Gasteiger partial charge in [-0.25, -0.2) is 12.1 Å². The molecular weight excluding hydrogens is 418 g/mol. The van der Waals surface area contributed by atoms with E-state index >= 15 is 0 Å². The predicted octanol–water partition coefficient (Wildman–Crippen LogP) is 3.64. The topological polar surface area (TPSA) is 0 Å². The van der Waals surface area contributed by atoms with Crippen molar-refractivity contribution >= 4 is 19.4 Å². The van der Waals surface area contributed by atoms with E-state index in [-0.39, 0.29) is 22.3 Å². The second-order valence-electron chi connectivity index (χ2n) is 0.962. The summed E-state index contributed by atoms with van der Waals surface area (Å²) in [6, 6.07) is 10.0. The van der Waals surface area contributed by atoms with Gasteiger partial charge >= 0.3 is 35.5 Å². The van der Waals surface area contributed by atoms with Gasteiger partial charge in [-0.15, -0.1) is 0 Å². The van der Waals surface area contributed by atoms with Crippen molar-refractivity contribution in [1.82, 2.24) is 0 Å². The number of hydrogen-bond acceptors (Lipinski definition) is 0. The maximum Gasteiger partial charge on any atom is -0.172 e. The van der Waals surface area contributed by atoms with Gasteiger partial charge in [0.05, 0.1) is 0 Å². The van der Waals surface area contributed by atoms with Crippen LogP contribution in [0.3, 0.4) is 0 Å². The third kappa shape index (κ3) is 15.9. The summed E-state index contributed by atoms with van der Waals surface area (Å²) in [5.74, 6) is 0. The summed E-state index contributed by atoms with van der Waals surface area (Å²) in [6.45, 7) is 0. The molecule has 0 radical (unpaired) electrons. The van der Waals surface area contributed by atoms with Crippen LogP contribution in [0.4, 0.5) is 0 Å². The molecule has 1 aromatic rings. The molecule has 0 bridgehead atoms. The Hall–Kier alpha value is 0.768. The summed E-state index contributed by atoms with van der Waals surface area (Å²) in [5.41, 5.74) is 0. The predicted molar refractivity (Wildman–Crippen MR) is 55.3 cm³/mol. The summed E-state index contributed by atoms with van der Waals surface area (Å²) in [7, 11) is 0. The molecule has 0 aromatic heterocycles. The van der Waals surface area contributed by atoms with E-state index < -0.39 is 0 Å². The van der Waals surface area contributed by atoms with E-state index in [9.17, 15) is 0 Å². The van der Waals surface area contributed by atoms with Gasteiger partial charge in [-0.2, -0.15) is 18.2 Å². The fourth-order valence-corrected chi connectivity index (χ4v) is 0.321. The Morgan fingerprint density at radius 2 is 1.20 bits per heavy atom. The molecule has 2 heteroatoms. The summed E-state index contributed by atoms with van der Waals surface area (Å²) < 4.78 is 0. The van der Waals surface area contributed by atoms with Crippen molar-refractivity contribution in [3.63, 3.8) is 0 Å². The SMILES string of the molecule is [CH3-].[CH3-].[CH3-].[I][Pt].c1cc[cH-]c1. The summed E-state index contributed by atoms with van der Waals surface area (Å²) >= 11 is 4.23. The normalized spacial score (nSPS) is 4.70. The smallest absolute Gasteiger partial charge is 0.172 e. The molecule has 67 valence electrons. The molecule has 0 amide bonds. The molecule has 0 aliphatic carbocycles. The molecule has 1 aromatic carbocycles. The van der Waals surface area contributed by atoms with Gasteiger partial charge in [-0.3, -0.25) is 0 Å². The van der Waals surface area contributed by atoms with Crippen molar-refractivity contribution in [2.75, 3.05) is 0 Å². The van der Waals surface area contributed by atoms with E-state index in [0.717, 1.165) is 0 Å². The molecule has 0 aliphatic heterocycles. The van der Waals surface area contributed by atoms with Crippen LogP contribution >= 0.6 is 19.4 Å². The molecule has 1 rings (SSSR count). The Bertz CT molecular complexity index is 65.7. The molecule has 0 saturated heterocycles. The van der Waals surface area contributed by atoms with E-state index in [2.05, 4.69) is 35.5 Å². The first-order valence-corrected chi connectivity index (χ1v) is 8.23. The van der Waals surface area contributed by atoms with Crippen LogP contribution in [-0.2, 0) is 16.1 Å². The molecule has 0 heterocycles. The largest absolute Gasteiger partial charge is 0.214 e. The molecular formula is C8H14IPt-4. The zero-order valence-corrected chi connectivity index (χ0v) is 11.0. The van der Waals surface area contributed by atoms with Gasteiger partial charge in [0.25, 0.3) is 0 Å². The third-order valence-electron chi connectivity index (χ3n) is 0.556. The number of hydrogen-bond donors (Lipinski definition) is 0. The van der Waals surface area contributed by atoms with Crippen LogP contribution in [0.2, 0.25) is 0 Å². The van der Waals surface area contributed by atoms with Gasteiger partial charge in [0.1, 0.15) is 0 Å². The standard InChI is InChI=1S/C5H5.3CH3.HI.Pt/c1-2-4-5-3-1;;;;;/h1-5H;3*1H3;1H;/q4*-1;;+1/p-1. The molecule has 0 fully saturated rings. The first-order chi connectivity index (χ1) is 3.50. The van der Waals surface area contributed by atoms with Crippen LogP contribution in [0.5, 0.6) is 0 Å². The Morgan fingerprint density at radius 3 is 1.30 bits per heavy atom. The molecule has 0 N–H and O–H groups in total. The molecule has 0 aliphatic rings. The quantitative estimate of drug-likeness (QED) is 0.434. The van der Waals surface area contributed by atoms with E-state index in [0.29, 0.717) is 0 Å². The van der Waals surface area contributed by atoms with Gasteiger partial charge < -0.3 is 22.3 Å². The van der Waals surface area contributed by atoms with Crippen molar-refractivity contribution < 1.29 is 16.1 Å². The maximum atomic E-state index is 2.12. The Kier molecular flexibility index (Phi) is 50.6. The molecule has 0 atom stereocenters. The van der Waals surface area contributed by atoms with E-state index in [1.807, 2.05) is 30.3 Å². The fourth-order valence-electron chi connectivity index (χ4n) is 0.321. The molecule has 0 unspecified atom stereocenters. The summed E-state index contributed by atoms with van der Waals surface area (Å²) in [4.78, 5) is 0. The molecule has 0 nitrogen and oxygen atoms in total. The summed E-state index contributed by atoms with van der Waals surface area (Å²) in [5, 5.41) is 0. The van der Waals surface area contributed by atoms with Crippen LogP contribution in [0, 0.1) is 22.3 Å². The van der Waals surface area contributed by atoms with Crippen molar-refractivity contribution in [3.8, 4) is 0 Å². The Labute approximate surface area is 87.5 Å². The van der Waals surface area contributed by atoms with Crippen LogP contribution in [0.1, 0.15) is 0 Å². The van der Waals surface area contributed by atoms with Crippen LogP contribution < -0.4 is 0 Å². The number of rotatable bonds is 0. The van der Waals surface area contributed by atoms with Gasteiger partial charge in [0.15, 0.2) is 0 Å². The minimum atomic E-state index is 0. The number of halogens is 1. The van der Waals surface area contributed by atoms with Crippen LogP contribution in [0.25, 0.3) is 0 Å². The van der Waals surface area contributed by atoms with Crippen molar-refractivity contribution in [2.24, 2.45) is 0 Å². The monoisotopic (exact) mass is 432 g/mol. The third-order valence-corrected chi connectivity index (χ3v) is 0.556. The van der Waals surface area contributed by atoms with Crippen molar-refractivity contribution in [1.29, 1.82) is 0 Å². The summed E-state index contributed by atoms with van der Waals surface area (Å²) in [6.07, 6.45) is 0. The Morgan fingerprint density at radius 1 is 0.900 bits per heavy atom. The van der Waals surface area contributed by atoms with E-state index in [4.69, 9.17) is 0 Å². The van der Waals surface area contributed by atoms with Crippen LogP contribution in [-0.4, -0.2) is 0 Å². The Balaban J connectivity index is -0.0000000337. The van der Waals surface area contributed by atoms with Crippen LogP contribution in [0.15, 0.2) is 30.3 Å². The van der Waals surface area contributed by atoms with E-state index in [1.54, 1.807) is 0 Å². The minimum Gasteiger partial charge on any atom is -0.214 e. The second kappa shape index (κ2) is 22.6. The first kappa shape index (κ1) is 22.4. The zero-order chi connectivity index (χ0) is 5.54. The minimum absolute atomic E-state index is 0. The van der Waals surface area contributed by atoms with Gasteiger partial charge in [0, 0.05) is 0 Å². The molecule has 0 saturated carbocycles.